The monoisotopic (exact) mass is 543 g/mol. The number of carbonyl (C=O) groups is 2. The lowest BCUT2D eigenvalue weighted by Crippen LogP contribution is -2.39. The third kappa shape index (κ3) is 5.74. The van der Waals surface area contributed by atoms with Crippen LogP contribution in [0.3, 0.4) is 0 Å². The van der Waals surface area contributed by atoms with Crippen LogP contribution in [0.4, 0.5) is 5.69 Å². The van der Waals surface area contributed by atoms with Gasteiger partial charge in [0.15, 0.2) is 0 Å². The number of hydrogen-bond acceptors (Lipinski definition) is 3. The van der Waals surface area contributed by atoms with Crippen LogP contribution in [0.15, 0.2) is 41.8 Å². The van der Waals surface area contributed by atoms with E-state index in [2.05, 4.69) is 40.3 Å². The summed E-state index contributed by atoms with van der Waals surface area (Å²) in [6.45, 7) is 5.00. The fourth-order valence-electron chi connectivity index (χ4n) is 4.87. The van der Waals surface area contributed by atoms with Gasteiger partial charge in [0.1, 0.15) is 12.2 Å². The molecule has 0 saturated heterocycles. The Morgan fingerprint density at radius 3 is 2.71 bits per heavy atom. The number of likely N-dealkylation sites (N-methyl/N-ethyl adjacent to an activating group) is 1. The maximum atomic E-state index is 13.5. The summed E-state index contributed by atoms with van der Waals surface area (Å²) in [6.07, 6.45) is 6.38. The summed E-state index contributed by atoms with van der Waals surface area (Å²) in [4.78, 5) is 28.6. The van der Waals surface area contributed by atoms with Gasteiger partial charge in [-0.15, -0.1) is 11.3 Å². The Morgan fingerprint density at radius 1 is 1.18 bits per heavy atom. The van der Waals surface area contributed by atoms with E-state index in [1.165, 1.54) is 5.56 Å². The van der Waals surface area contributed by atoms with Gasteiger partial charge in [0, 0.05) is 23.6 Å². The van der Waals surface area contributed by atoms with Gasteiger partial charge in [0.25, 0.3) is 5.91 Å². The molecular weight excluding hydrogens is 510 g/mol. The van der Waals surface area contributed by atoms with E-state index in [9.17, 15) is 9.59 Å². The lowest BCUT2D eigenvalue weighted by molar-refractivity contribution is -0.119. The van der Waals surface area contributed by atoms with Crippen LogP contribution >= 0.6 is 27.3 Å². The lowest BCUT2D eigenvalue weighted by Gasteiger charge is -2.27. The van der Waals surface area contributed by atoms with Gasteiger partial charge in [-0.3, -0.25) is 9.59 Å². The molecule has 2 aromatic heterocycles. The van der Waals surface area contributed by atoms with E-state index in [1.54, 1.807) is 11.3 Å². The van der Waals surface area contributed by atoms with Gasteiger partial charge in [0.05, 0.1) is 10.2 Å². The SMILES string of the molecule is CCN(C(=O)Cn1c(C(=O)NC2CCC(C)CC2)cc2sccc21)c1cccc(CCCBr)c1. The van der Waals surface area contributed by atoms with E-state index in [4.69, 9.17) is 0 Å². The van der Waals surface area contributed by atoms with Gasteiger partial charge in [-0.25, -0.2) is 0 Å². The number of alkyl halides is 1. The van der Waals surface area contributed by atoms with Crippen LogP contribution in [0.1, 0.15) is 62.0 Å². The zero-order chi connectivity index (χ0) is 24.1. The first-order chi connectivity index (χ1) is 16.5. The molecule has 1 fully saturated rings. The predicted octanol–water partition coefficient (Wildman–Crippen LogP) is 6.39. The third-order valence-corrected chi connectivity index (χ3v) is 8.25. The molecule has 1 N–H and O–H groups in total. The molecule has 1 aromatic carbocycles. The number of anilines is 1. The molecule has 4 rings (SSSR count). The number of aromatic nitrogens is 1. The molecule has 182 valence electrons. The minimum absolute atomic E-state index is 0.00983. The number of aryl methyl sites for hydroxylation is 1. The van der Waals surface area contributed by atoms with Crippen molar-refractivity contribution in [2.75, 3.05) is 16.8 Å². The van der Waals surface area contributed by atoms with Crippen molar-refractivity contribution in [1.82, 2.24) is 9.88 Å². The van der Waals surface area contributed by atoms with Gasteiger partial charge < -0.3 is 14.8 Å². The molecule has 0 radical (unpaired) electrons. The van der Waals surface area contributed by atoms with Crippen LogP contribution in [0.25, 0.3) is 10.2 Å². The average molecular weight is 545 g/mol. The van der Waals surface area contributed by atoms with Crippen LogP contribution in [-0.2, 0) is 17.8 Å². The second-order valence-electron chi connectivity index (χ2n) is 9.32. The standard InChI is InChI=1S/C27H34BrN3O2S/c1-3-30(22-8-4-6-20(16-22)7-5-14-28)26(32)18-31-23-13-15-34-25(23)17-24(31)27(33)29-21-11-9-19(2)10-12-21/h4,6,8,13,15-17,19,21H,3,5,7,9-12,14,18H2,1-2H3,(H,29,33). The highest BCUT2D eigenvalue weighted by molar-refractivity contribution is 9.09. The second kappa shape index (κ2) is 11.5. The molecule has 2 heterocycles. The summed E-state index contributed by atoms with van der Waals surface area (Å²) in [5.41, 5.74) is 3.67. The molecule has 0 aliphatic heterocycles. The van der Waals surface area contributed by atoms with Gasteiger partial charge in [-0.1, -0.05) is 35.0 Å². The van der Waals surface area contributed by atoms with Gasteiger partial charge in [-0.2, -0.15) is 0 Å². The molecule has 0 unspecified atom stereocenters. The van der Waals surface area contributed by atoms with Crippen LogP contribution < -0.4 is 10.2 Å². The Morgan fingerprint density at radius 2 is 1.97 bits per heavy atom. The molecule has 5 nitrogen and oxygen atoms in total. The quantitative estimate of drug-likeness (QED) is 0.318. The Bertz CT molecular complexity index is 1130. The summed E-state index contributed by atoms with van der Waals surface area (Å²) >= 11 is 5.10. The smallest absolute Gasteiger partial charge is 0.268 e. The molecule has 0 bridgehead atoms. The number of halogens is 1. The third-order valence-electron chi connectivity index (χ3n) is 6.84. The molecule has 0 spiro atoms. The first-order valence-electron chi connectivity index (χ1n) is 12.3. The van der Waals surface area contributed by atoms with Crippen molar-refractivity contribution in [2.24, 2.45) is 5.92 Å². The average Bonchev–Trinajstić information content (AvgIpc) is 3.43. The molecule has 3 aromatic rings. The normalized spacial score (nSPS) is 18.2. The molecule has 0 atom stereocenters. The van der Waals surface area contributed by atoms with Gasteiger partial charge in [0.2, 0.25) is 5.91 Å². The molecule has 7 heteroatoms. The topological polar surface area (TPSA) is 54.3 Å². The summed E-state index contributed by atoms with van der Waals surface area (Å²) in [6, 6.07) is 12.4. The fraction of sp³-hybridized carbons (Fsp3) is 0.481. The zero-order valence-corrected chi connectivity index (χ0v) is 22.5. The minimum Gasteiger partial charge on any atom is -0.348 e. The maximum absolute atomic E-state index is 13.5. The van der Waals surface area contributed by atoms with Crippen LogP contribution in [0.2, 0.25) is 0 Å². The summed E-state index contributed by atoms with van der Waals surface area (Å²) in [5.74, 6) is 0.651. The number of nitrogens with zero attached hydrogens (tertiary/aromatic N) is 2. The summed E-state index contributed by atoms with van der Waals surface area (Å²) in [7, 11) is 0. The Balaban J connectivity index is 1.54. The first-order valence-corrected chi connectivity index (χ1v) is 14.3. The number of rotatable bonds is 9. The molecule has 34 heavy (non-hydrogen) atoms. The first kappa shape index (κ1) is 25.0. The van der Waals surface area contributed by atoms with Gasteiger partial charge >= 0.3 is 0 Å². The highest BCUT2D eigenvalue weighted by Crippen LogP contribution is 2.28. The largest absolute Gasteiger partial charge is 0.348 e. The Kier molecular flexibility index (Phi) is 8.48. The highest BCUT2D eigenvalue weighted by Gasteiger charge is 2.25. The molecular formula is C27H34BrN3O2S. The van der Waals surface area contributed by atoms with E-state index >= 15 is 0 Å². The van der Waals surface area contributed by atoms with Crippen LogP contribution in [-0.4, -0.2) is 34.3 Å². The molecule has 2 amide bonds. The van der Waals surface area contributed by atoms with E-state index < -0.39 is 0 Å². The number of amides is 2. The van der Waals surface area contributed by atoms with E-state index in [1.807, 2.05) is 46.0 Å². The number of fused-ring (bicyclic) bond motifs is 1. The zero-order valence-electron chi connectivity index (χ0n) is 20.1. The van der Waals surface area contributed by atoms with Crippen molar-refractivity contribution >= 4 is 55.0 Å². The highest BCUT2D eigenvalue weighted by atomic mass is 79.9. The van der Waals surface area contributed by atoms with E-state index in [0.29, 0.717) is 12.2 Å². The van der Waals surface area contributed by atoms with Crippen molar-refractivity contribution in [3.05, 3.63) is 53.0 Å². The number of benzene rings is 1. The predicted molar refractivity (Wildman–Crippen MR) is 145 cm³/mol. The Labute approximate surface area is 214 Å². The van der Waals surface area contributed by atoms with E-state index in [-0.39, 0.29) is 24.4 Å². The lowest BCUT2D eigenvalue weighted by atomic mass is 9.87. The summed E-state index contributed by atoms with van der Waals surface area (Å²) in [5, 5.41) is 6.21. The number of thiophene rings is 1. The van der Waals surface area contributed by atoms with Crippen molar-refractivity contribution in [2.45, 2.75) is 65.0 Å². The number of hydrogen-bond donors (Lipinski definition) is 1. The molecule has 1 saturated carbocycles. The second-order valence-corrected chi connectivity index (χ2v) is 11.1. The fourth-order valence-corrected chi connectivity index (χ4v) is 5.98. The molecule has 1 aliphatic rings. The number of nitrogens with one attached hydrogen (secondary N) is 1. The molecule has 1 aliphatic carbocycles. The van der Waals surface area contributed by atoms with Crippen molar-refractivity contribution in [3.8, 4) is 0 Å². The maximum Gasteiger partial charge on any atom is 0.268 e. The van der Waals surface area contributed by atoms with Crippen molar-refractivity contribution < 1.29 is 9.59 Å². The van der Waals surface area contributed by atoms with Crippen molar-refractivity contribution in [3.63, 3.8) is 0 Å². The number of carbonyl (C=O) groups excluding carboxylic acids is 2. The van der Waals surface area contributed by atoms with Crippen LogP contribution in [0, 0.1) is 5.92 Å². The van der Waals surface area contributed by atoms with E-state index in [0.717, 1.165) is 65.7 Å². The van der Waals surface area contributed by atoms with Crippen molar-refractivity contribution in [1.29, 1.82) is 0 Å². The minimum atomic E-state index is -0.0735. The van der Waals surface area contributed by atoms with Crippen LogP contribution in [0.5, 0.6) is 0 Å². The summed E-state index contributed by atoms with van der Waals surface area (Å²) < 4.78 is 2.93. The Hall–Kier alpha value is -2.12. The van der Waals surface area contributed by atoms with Gasteiger partial charge in [-0.05, 0) is 86.6 Å².